The number of nitrogens with zero attached hydrogens (tertiary/aromatic N) is 4. The Morgan fingerprint density at radius 2 is 2.00 bits per heavy atom. The number of fused-ring (bicyclic) bond motifs is 1. The van der Waals surface area contributed by atoms with Gasteiger partial charge in [0.05, 0.1) is 12.4 Å². The number of hydrogen-bond donors (Lipinski definition) is 0. The van der Waals surface area contributed by atoms with Crippen molar-refractivity contribution >= 4 is 11.2 Å². The van der Waals surface area contributed by atoms with E-state index in [2.05, 4.69) is 11.6 Å². The smallest absolute Gasteiger partial charge is 0.318 e. The molecule has 0 unspecified atom stereocenters. The molecule has 6 heteroatoms. The summed E-state index contributed by atoms with van der Waals surface area (Å²) in [7, 11) is 3.06. The standard InChI is InChI=1S/C11H14N4O2/c1-5-7(2)15-6-12-9-8(15)10(16)14(4)11(17)13(9)3/h5-7H,1H2,2-4H3/t7-/m1/s1. The zero-order valence-electron chi connectivity index (χ0n) is 10.0. The summed E-state index contributed by atoms with van der Waals surface area (Å²) in [5.74, 6) is 0. The van der Waals surface area contributed by atoms with Crippen molar-refractivity contribution in [2.24, 2.45) is 14.1 Å². The fourth-order valence-electron chi connectivity index (χ4n) is 1.79. The molecule has 0 bridgehead atoms. The van der Waals surface area contributed by atoms with E-state index in [0.29, 0.717) is 11.2 Å². The molecule has 0 saturated heterocycles. The molecule has 1 atom stereocenters. The Morgan fingerprint density at radius 3 is 2.59 bits per heavy atom. The molecular weight excluding hydrogens is 220 g/mol. The zero-order valence-corrected chi connectivity index (χ0v) is 10.0. The third-order valence-electron chi connectivity index (χ3n) is 2.95. The predicted octanol–water partition coefficient (Wildman–Crippen LogP) is 0.181. The van der Waals surface area contributed by atoms with Crippen LogP contribution in [0.3, 0.4) is 0 Å². The molecule has 0 aliphatic heterocycles. The van der Waals surface area contributed by atoms with Crippen molar-refractivity contribution in [3.05, 3.63) is 39.8 Å². The lowest BCUT2D eigenvalue weighted by Crippen LogP contribution is -2.37. The van der Waals surface area contributed by atoms with E-state index >= 15 is 0 Å². The van der Waals surface area contributed by atoms with Crippen LogP contribution in [0.25, 0.3) is 11.2 Å². The first-order chi connectivity index (χ1) is 7.99. The van der Waals surface area contributed by atoms with E-state index in [-0.39, 0.29) is 17.3 Å². The minimum Gasteiger partial charge on any atom is -0.318 e. The van der Waals surface area contributed by atoms with Gasteiger partial charge in [-0.15, -0.1) is 6.58 Å². The molecular formula is C11H14N4O2. The molecule has 0 aromatic carbocycles. The van der Waals surface area contributed by atoms with Crippen molar-refractivity contribution in [1.82, 2.24) is 18.7 Å². The van der Waals surface area contributed by atoms with Crippen molar-refractivity contribution in [1.29, 1.82) is 0 Å². The number of allylic oxidation sites excluding steroid dienone is 1. The lowest BCUT2D eigenvalue weighted by atomic mass is 10.3. The van der Waals surface area contributed by atoms with Crippen LogP contribution in [0.4, 0.5) is 0 Å². The molecule has 2 heterocycles. The van der Waals surface area contributed by atoms with E-state index in [9.17, 15) is 9.59 Å². The minimum atomic E-state index is -0.376. The first kappa shape index (κ1) is 11.4. The Balaban J connectivity index is 3.01. The van der Waals surface area contributed by atoms with Gasteiger partial charge in [-0.2, -0.15) is 0 Å². The van der Waals surface area contributed by atoms with E-state index in [0.717, 1.165) is 4.57 Å². The highest BCUT2D eigenvalue weighted by atomic mass is 16.2. The van der Waals surface area contributed by atoms with E-state index in [4.69, 9.17) is 0 Å². The molecule has 0 aliphatic carbocycles. The SMILES string of the molecule is C=C[C@@H](C)n1cnc2c1c(=O)n(C)c(=O)n2C. The molecule has 2 rings (SSSR count). The molecule has 90 valence electrons. The highest BCUT2D eigenvalue weighted by Gasteiger charge is 2.15. The molecule has 0 spiro atoms. The van der Waals surface area contributed by atoms with Gasteiger partial charge in [-0.05, 0) is 6.92 Å². The molecule has 2 aromatic rings. The lowest BCUT2D eigenvalue weighted by Gasteiger charge is -2.09. The van der Waals surface area contributed by atoms with Crippen LogP contribution in [0.5, 0.6) is 0 Å². The van der Waals surface area contributed by atoms with Gasteiger partial charge in [0.15, 0.2) is 11.2 Å². The largest absolute Gasteiger partial charge is 0.332 e. The third kappa shape index (κ3) is 1.44. The minimum absolute atomic E-state index is 0.0507. The fourth-order valence-corrected chi connectivity index (χ4v) is 1.79. The van der Waals surface area contributed by atoms with Crippen LogP contribution in [0.2, 0.25) is 0 Å². The average Bonchev–Trinajstić information content (AvgIpc) is 2.77. The van der Waals surface area contributed by atoms with Crippen LogP contribution in [0.1, 0.15) is 13.0 Å². The fraction of sp³-hybridized carbons (Fsp3) is 0.364. The van der Waals surface area contributed by atoms with Crippen LogP contribution < -0.4 is 11.2 Å². The molecule has 0 N–H and O–H groups in total. The highest BCUT2D eigenvalue weighted by Crippen LogP contribution is 2.13. The number of hydrogen-bond acceptors (Lipinski definition) is 3. The maximum absolute atomic E-state index is 12.1. The second-order valence-corrected chi connectivity index (χ2v) is 4.01. The molecule has 0 amide bonds. The number of rotatable bonds is 2. The molecule has 2 aromatic heterocycles. The zero-order chi connectivity index (χ0) is 12.7. The predicted molar refractivity (Wildman–Crippen MR) is 65.1 cm³/mol. The van der Waals surface area contributed by atoms with Crippen LogP contribution in [-0.2, 0) is 14.1 Å². The van der Waals surface area contributed by atoms with E-state index in [1.807, 2.05) is 6.92 Å². The third-order valence-corrected chi connectivity index (χ3v) is 2.95. The second-order valence-electron chi connectivity index (χ2n) is 4.01. The summed E-state index contributed by atoms with van der Waals surface area (Å²) in [6.45, 7) is 5.59. The summed E-state index contributed by atoms with van der Waals surface area (Å²) in [6, 6.07) is -0.0507. The first-order valence-corrected chi connectivity index (χ1v) is 5.24. The second kappa shape index (κ2) is 3.73. The van der Waals surface area contributed by atoms with Crippen molar-refractivity contribution in [3.8, 4) is 0 Å². The molecule has 0 saturated carbocycles. The van der Waals surface area contributed by atoms with Crippen molar-refractivity contribution in [2.75, 3.05) is 0 Å². The van der Waals surface area contributed by atoms with Gasteiger partial charge in [0, 0.05) is 14.1 Å². The van der Waals surface area contributed by atoms with Crippen LogP contribution in [-0.4, -0.2) is 18.7 Å². The first-order valence-electron chi connectivity index (χ1n) is 5.24. The van der Waals surface area contributed by atoms with Crippen LogP contribution in [0.15, 0.2) is 28.6 Å². The van der Waals surface area contributed by atoms with Gasteiger partial charge >= 0.3 is 5.69 Å². The Morgan fingerprint density at radius 1 is 1.35 bits per heavy atom. The van der Waals surface area contributed by atoms with Gasteiger partial charge in [0.25, 0.3) is 5.56 Å². The summed E-state index contributed by atoms with van der Waals surface area (Å²) in [5, 5.41) is 0. The Labute approximate surface area is 97.4 Å². The molecule has 0 radical (unpaired) electrons. The van der Waals surface area contributed by atoms with E-state index in [1.54, 1.807) is 24.0 Å². The summed E-state index contributed by atoms with van der Waals surface area (Å²) in [4.78, 5) is 27.9. The maximum atomic E-state index is 12.1. The molecule has 0 aliphatic rings. The van der Waals surface area contributed by atoms with Crippen molar-refractivity contribution in [2.45, 2.75) is 13.0 Å². The van der Waals surface area contributed by atoms with Crippen molar-refractivity contribution < 1.29 is 0 Å². The Kier molecular flexibility index (Phi) is 2.49. The van der Waals surface area contributed by atoms with Crippen LogP contribution in [0, 0.1) is 0 Å². The topological polar surface area (TPSA) is 61.8 Å². The van der Waals surface area contributed by atoms with Crippen molar-refractivity contribution in [3.63, 3.8) is 0 Å². The number of imidazole rings is 1. The Bertz CT molecular complexity index is 705. The van der Waals surface area contributed by atoms with E-state index in [1.165, 1.54) is 11.6 Å². The normalized spacial score (nSPS) is 12.9. The summed E-state index contributed by atoms with van der Waals surface area (Å²) in [5.41, 5.74) is 0.0992. The molecule has 6 nitrogen and oxygen atoms in total. The maximum Gasteiger partial charge on any atom is 0.332 e. The van der Waals surface area contributed by atoms with E-state index < -0.39 is 0 Å². The van der Waals surface area contributed by atoms with Crippen LogP contribution >= 0.6 is 0 Å². The van der Waals surface area contributed by atoms with Gasteiger partial charge in [0.2, 0.25) is 0 Å². The summed E-state index contributed by atoms with van der Waals surface area (Å²) in [6.07, 6.45) is 3.27. The molecule has 0 fully saturated rings. The number of aromatic nitrogens is 4. The average molecular weight is 234 g/mol. The van der Waals surface area contributed by atoms with Gasteiger partial charge in [-0.25, -0.2) is 9.78 Å². The van der Waals surface area contributed by atoms with Gasteiger partial charge in [0.1, 0.15) is 0 Å². The monoisotopic (exact) mass is 234 g/mol. The lowest BCUT2D eigenvalue weighted by molar-refractivity contribution is 0.664. The highest BCUT2D eigenvalue weighted by molar-refractivity contribution is 5.70. The Hall–Kier alpha value is -2.11. The van der Waals surface area contributed by atoms with Gasteiger partial charge in [-0.1, -0.05) is 6.08 Å². The quantitative estimate of drug-likeness (QED) is 0.696. The number of aryl methyl sites for hydroxylation is 1. The molecule has 17 heavy (non-hydrogen) atoms. The summed E-state index contributed by atoms with van der Waals surface area (Å²) >= 11 is 0. The summed E-state index contributed by atoms with van der Waals surface area (Å²) < 4.78 is 4.16. The van der Waals surface area contributed by atoms with Gasteiger partial charge < -0.3 is 4.57 Å². The van der Waals surface area contributed by atoms with Gasteiger partial charge in [-0.3, -0.25) is 13.9 Å².